The number of rotatable bonds is 8. The van der Waals surface area contributed by atoms with Crippen LogP contribution in [0.1, 0.15) is 43.0 Å². The Morgan fingerprint density at radius 3 is 2.71 bits per heavy atom. The summed E-state index contributed by atoms with van der Waals surface area (Å²) >= 11 is 5.07. The lowest BCUT2D eigenvalue weighted by atomic mass is 10.2. The van der Waals surface area contributed by atoms with E-state index >= 15 is 0 Å². The average Bonchev–Trinajstić information content (AvgIpc) is 3.05. The lowest BCUT2D eigenvalue weighted by Gasteiger charge is -2.11. The van der Waals surface area contributed by atoms with Gasteiger partial charge < -0.3 is 4.74 Å². The zero-order valence-electron chi connectivity index (χ0n) is 13.6. The summed E-state index contributed by atoms with van der Waals surface area (Å²) in [5.41, 5.74) is 0.319. The molecule has 1 aromatic carbocycles. The van der Waals surface area contributed by atoms with Crippen LogP contribution in [0.5, 0.6) is 0 Å². The molecule has 0 radical (unpaired) electrons. The Bertz CT molecular complexity index is 673. The number of hydrogen-bond donors (Lipinski definition) is 1. The molecule has 1 saturated carbocycles. The van der Waals surface area contributed by atoms with Crippen LogP contribution in [0.2, 0.25) is 0 Å². The van der Waals surface area contributed by atoms with Crippen LogP contribution in [-0.4, -0.2) is 38.5 Å². The molecule has 0 amide bonds. The predicted octanol–water partition coefficient (Wildman–Crippen LogP) is 3.58. The first-order chi connectivity index (χ1) is 11.4. The molecule has 0 unspecified atom stereocenters. The second kappa shape index (κ2) is 9.22. The van der Waals surface area contributed by atoms with Crippen LogP contribution in [0.4, 0.5) is 0 Å². The van der Waals surface area contributed by atoms with E-state index in [1.807, 2.05) is 11.8 Å². The molecule has 0 heterocycles. The van der Waals surface area contributed by atoms with E-state index < -0.39 is 16.0 Å². The predicted molar refractivity (Wildman–Crippen MR) is 100 cm³/mol. The topological polar surface area (TPSA) is 72.5 Å². The number of carbonyl (C=O) groups excluding carboxylic acids is 1. The summed E-state index contributed by atoms with van der Waals surface area (Å²) < 4.78 is 32.7. The molecule has 8 heteroatoms. The molecule has 0 saturated heterocycles. The molecule has 1 fully saturated rings. The van der Waals surface area contributed by atoms with Crippen LogP contribution in [0.3, 0.4) is 0 Å². The van der Waals surface area contributed by atoms with Gasteiger partial charge in [-0.25, -0.2) is 17.9 Å². The second-order valence-corrected chi connectivity index (χ2v) is 9.54. The van der Waals surface area contributed by atoms with Crippen molar-refractivity contribution in [3.63, 3.8) is 0 Å². The molecular weight excluding hydrogens is 414 g/mol. The molecule has 134 valence electrons. The Balaban J connectivity index is 1.94. The number of halogens is 1. The number of sulfonamides is 1. The van der Waals surface area contributed by atoms with Gasteiger partial charge in [-0.2, -0.15) is 11.8 Å². The van der Waals surface area contributed by atoms with Crippen LogP contribution in [0.15, 0.2) is 27.6 Å². The van der Waals surface area contributed by atoms with Crippen LogP contribution in [0.25, 0.3) is 0 Å². The van der Waals surface area contributed by atoms with Gasteiger partial charge in [0.05, 0.1) is 17.1 Å². The van der Waals surface area contributed by atoms with Crippen LogP contribution < -0.4 is 4.72 Å². The zero-order chi connectivity index (χ0) is 17.6. The van der Waals surface area contributed by atoms with E-state index in [9.17, 15) is 13.2 Å². The van der Waals surface area contributed by atoms with Gasteiger partial charge in [-0.3, -0.25) is 0 Å². The Hall–Kier alpha value is -0.570. The first-order valence-electron chi connectivity index (χ1n) is 8.02. The van der Waals surface area contributed by atoms with Crippen LogP contribution in [0, 0.1) is 0 Å². The number of benzene rings is 1. The highest BCUT2D eigenvalue weighted by Crippen LogP contribution is 2.29. The minimum absolute atomic E-state index is 0.126. The van der Waals surface area contributed by atoms with Gasteiger partial charge >= 0.3 is 5.97 Å². The summed E-state index contributed by atoms with van der Waals surface area (Å²) in [6.45, 7) is 2.39. The molecule has 0 aromatic heterocycles. The van der Waals surface area contributed by atoms with E-state index in [4.69, 9.17) is 4.74 Å². The van der Waals surface area contributed by atoms with Gasteiger partial charge in [-0.1, -0.05) is 12.8 Å². The summed E-state index contributed by atoms with van der Waals surface area (Å²) in [7, 11) is -3.60. The van der Waals surface area contributed by atoms with Crippen molar-refractivity contribution in [2.24, 2.45) is 0 Å². The molecular formula is C16H22BrNO4S2. The third kappa shape index (κ3) is 5.47. The maximum Gasteiger partial charge on any atom is 0.338 e. The monoisotopic (exact) mass is 435 g/mol. The van der Waals surface area contributed by atoms with Crippen molar-refractivity contribution in [2.75, 3.05) is 18.9 Å². The number of carbonyl (C=O) groups is 1. The van der Waals surface area contributed by atoms with Crippen molar-refractivity contribution in [1.82, 2.24) is 4.72 Å². The van der Waals surface area contributed by atoms with Crippen molar-refractivity contribution in [3.8, 4) is 0 Å². The summed E-state index contributed by atoms with van der Waals surface area (Å²) in [5, 5.41) is 0.671. The number of hydrogen-bond acceptors (Lipinski definition) is 5. The lowest BCUT2D eigenvalue weighted by Crippen LogP contribution is -2.27. The van der Waals surface area contributed by atoms with Gasteiger partial charge in [0.25, 0.3) is 0 Å². The Labute approximate surface area is 156 Å². The fraction of sp³-hybridized carbons (Fsp3) is 0.562. The highest BCUT2D eigenvalue weighted by Gasteiger charge is 2.20. The normalized spacial score (nSPS) is 15.6. The molecule has 2 rings (SSSR count). The third-order valence-corrected chi connectivity index (χ3v) is 7.60. The third-order valence-electron chi connectivity index (χ3n) is 3.78. The average molecular weight is 436 g/mol. The number of nitrogens with one attached hydrogen (secondary N) is 1. The van der Waals surface area contributed by atoms with E-state index in [0.29, 0.717) is 21.8 Å². The van der Waals surface area contributed by atoms with E-state index in [0.717, 1.165) is 5.75 Å². The molecule has 24 heavy (non-hydrogen) atoms. The van der Waals surface area contributed by atoms with Gasteiger partial charge in [0.15, 0.2) is 0 Å². The minimum Gasteiger partial charge on any atom is -0.462 e. The summed E-state index contributed by atoms with van der Waals surface area (Å²) in [6, 6.07) is 4.35. The molecule has 5 nitrogen and oxygen atoms in total. The minimum atomic E-state index is -3.60. The fourth-order valence-electron chi connectivity index (χ4n) is 2.59. The van der Waals surface area contributed by atoms with Gasteiger partial charge in [0.1, 0.15) is 0 Å². The molecule has 0 spiro atoms. The highest BCUT2D eigenvalue weighted by atomic mass is 79.9. The first-order valence-corrected chi connectivity index (χ1v) is 11.3. The van der Waals surface area contributed by atoms with Gasteiger partial charge in [-0.05, 0) is 53.9 Å². The maximum absolute atomic E-state index is 12.4. The molecule has 0 aliphatic heterocycles. The molecule has 0 bridgehead atoms. The van der Waals surface area contributed by atoms with Crippen molar-refractivity contribution < 1.29 is 17.9 Å². The Morgan fingerprint density at radius 1 is 1.38 bits per heavy atom. The Kier molecular flexibility index (Phi) is 7.59. The van der Waals surface area contributed by atoms with Gasteiger partial charge in [0.2, 0.25) is 10.0 Å². The van der Waals surface area contributed by atoms with Gasteiger partial charge in [0, 0.05) is 22.0 Å². The smallest absolute Gasteiger partial charge is 0.338 e. The van der Waals surface area contributed by atoms with E-state index in [-0.39, 0.29) is 11.5 Å². The molecule has 1 N–H and O–H groups in total. The fourth-order valence-corrected chi connectivity index (χ4v) is 6.05. The quantitative estimate of drug-likeness (QED) is 0.498. The van der Waals surface area contributed by atoms with Gasteiger partial charge in [-0.15, -0.1) is 0 Å². The van der Waals surface area contributed by atoms with Crippen LogP contribution >= 0.6 is 27.7 Å². The summed E-state index contributed by atoms with van der Waals surface area (Å²) in [4.78, 5) is 11.8. The molecule has 1 aromatic rings. The van der Waals surface area contributed by atoms with Crippen LogP contribution in [-0.2, 0) is 14.8 Å². The number of ether oxygens (including phenoxy) is 1. The number of esters is 1. The van der Waals surface area contributed by atoms with E-state index in [1.165, 1.54) is 43.9 Å². The largest absolute Gasteiger partial charge is 0.462 e. The van der Waals surface area contributed by atoms with E-state index in [1.54, 1.807) is 6.92 Å². The zero-order valence-corrected chi connectivity index (χ0v) is 16.8. The molecule has 1 aliphatic rings. The molecule has 0 atom stereocenters. The van der Waals surface area contributed by atoms with Crippen molar-refractivity contribution in [3.05, 3.63) is 28.2 Å². The maximum atomic E-state index is 12.4. The second-order valence-electron chi connectivity index (χ2n) is 5.54. The summed E-state index contributed by atoms with van der Waals surface area (Å²) in [5.74, 6) is 0.297. The van der Waals surface area contributed by atoms with E-state index in [2.05, 4.69) is 20.7 Å². The highest BCUT2D eigenvalue weighted by molar-refractivity contribution is 9.10. The molecule has 1 aliphatic carbocycles. The van der Waals surface area contributed by atoms with Crippen molar-refractivity contribution in [2.45, 2.75) is 42.8 Å². The SMILES string of the molecule is CCOC(=O)c1ccc(S(=O)(=O)NCCSC2CCCC2)c(Br)c1. The lowest BCUT2D eigenvalue weighted by molar-refractivity contribution is 0.0526. The van der Waals surface area contributed by atoms with Crippen molar-refractivity contribution in [1.29, 1.82) is 0 Å². The standard InChI is InChI=1S/C16H22BrNO4S2/c1-2-22-16(19)12-7-8-15(14(17)11-12)24(20,21)18-9-10-23-13-5-3-4-6-13/h7-8,11,13,18H,2-6,9-10H2,1H3. The summed E-state index contributed by atoms with van der Waals surface area (Å²) in [6.07, 6.45) is 5.03. The van der Waals surface area contributed by atoms with Crippen molar-refractivity contribution >= 4 is 43.7 Å². The first kappa shape index (κ1) is 19.8. The Morgan fingerprint density at radius 2 is 2.08 bits per heavy atom. The number of thioether (sulfide) groups is 1.